The zero-order valence-electron chi connectivity index (χ0n) is 11.8. The Morgan fingerprint density at radius 1 is 1.19 bits per heavy atom. The van der Waals surface area contributed by atoms with Crippen LogP contribution in [0.1, 0.15) is 31.1 Å². The summed E-state index contributed by atoms with van der Waals surface area (Å²) in [6.45, 7) is 0. The number of nitrogens with one attached hydrogen (secondary N) is 1. The second kappa shape index (κ2) is 4.08. The van der Waals surface area contributed by atoms with Crippen molar-refractivity contribution in [2.45, 2.75) is 25.3 Å². The van der Waals surface area contributed by atoms with E-state index in [1.807, 2.05) is 6.07 Å². The number of halogens is 1. The number of fused-ring (bicyclic) bond motifs is 6. The average molecular weight is 286 g/mol. The van der Waals surface area contributed by atoms with Gasteiger partial charge >= 0.3 is 0 Å². The molecule has 3 fully saturated rings. The number of nitrogens with two attached hydrogens (primary N) is 1. The van der Waals surface area contributed by atoms with Gasteiger partial charge in [0.15, 0.2) is 0 Å². The van der Waals surface area contributed by atoms with Gasteiger partial charge in [-0.05, 0) is 73.1 Å². The van der Waals surface area contributed by atoms with E-state index >= 15 is 0 Å². The minimum atomic E-state index is -0.228. The topological polar surface area (TPSA) is 51.2 Å². The number of rotatable bonds is 3. The molecular weight excluding hydrogens is 267 g/mol. The molecule has 1 heterocycles. The van der Waals surface area contributed by atoms with Crippen LogP contribution in [0.2, 0.25) is 0 Å². The zero-order chi connectivity index (χ0) is 14.1. The minimum Gasteiger partial charge on any atom is -0.459 e. The van der Waals surface area contributed by atoms with Gasteiger partial charge in [0.2, 0.25) is 0 Å². The molecule has 3 nitrogen and oxygen atoms in total. The third kappa shape index (κ3) is 1.60. The fraction of sp³-hybridized carbons (Fsp3) is 0.529. The van der Waals surface area contributed by atoms with Gasteiger partial charge in [-0.3, -0.25) is 5.84 Å². The molecule has 21 heavy (non-hydrogen) atoms. The predicted octanol–water partition coefficient (Wildman–Crippen LogP) is 3.37. The van der Waals surface area contributed by atoms with Crippen molar-refractivity contribution in [3.8, 4) is 0 Å². The summed E-state index contributed by atoms with van der Waals surface area (Å²) < 4.78 is 19.2. The lowest BCUT2D eigenvalue weighted by Crippen LogP contribution is -2.31. The Morgan fingerprint density at radius 2 is 1.95 bits per heavy atom. The van der Waals surface area contributed by atoms with E-state index < -0.39 is 0 Å². The van der Waals surface area contributed by atoms with Crippen molar-refractivity contribution >= 4 is 11.0 Å². The monoisotopic (exact) mass is 286 g/mol. The van der Waals surface area contributed by atoms with Crippen LogP contribution in [0, 0.1) is 35.4 Å². The summed E-state index contributed by atoms with van der Waals surface area (Å²) in [6.07, 6.45) is 4.21. The van der Waals surface area contributed by atoms with Crippen molar-refractivity contribution < 1.29 is 8.81 Å². The molecule has 0 aliphatic heterocycles. The Balaban J connectivity index is 1.49. The van der Waals surface area contributed by atoms with Crippen molar-refractivity contribution in [1.29, 1.82) is 0 Å². The lowest BCUT2D eigenvalue weighted by Gasteiger charge is -2.17. The molecule has 3 aliphatic carbocycles. The van der Waals surface area contributed by atoms with E-state index in [1.54, 1.807) is 6.07 Å². The third-order valence-corrected chi connectivity index (χ3v) is 6.16. The molecule has 5 unspecified atom stereocenters. The van der Waals surface area contributed by atoms with Gasteiger partial charge in [0.1, 0.15) is 17.2 Å². The molecule has 0 radical (unpaired) electrons. The number of benzene rings is 1. The molecule has 110 valence electrons. The predicted molar refractivity (Wildman–Crippen MR) is 77.5 cm³/mol. The van der Waals surface area contributed by atoms with Gasteiger partial charge in [-0.25, -0.2) is 9.82 Å². The highest BCUT2D eigenvalue weighted by Crippen LogP contribution is 2.72. The third-order valence-electron chi connectivity index (χ3n) is 6.16. The van der Waals surface area contributed by atoms with Crippen molar-refractivity contribution in [2.75, 3.05) is 0 Å². The average Bonchev–Trinajstić information content (AvgIpc) is 2.83. The summed E-state index contributed by atoms with van der Waals surface area (Å²) in [5, 5.41) is 0.819. The Labute approximate surface area is 122 Å². The molecule has 0 amide bonds. The second-order valence-corrected chi connectivity index (χ2v) is 7.04. The van der Waals surface area contributed by atoms with Crippen molar-refractivity contribution in [1.82, 2.24) is 5.43 Å². The summed E-state index contributed by atoms with van der Waals surface area (Å²) >= 11 is 0. The fourth-order valence-corrected chi connectivity index (χ4v) is 5.41. The van der Waals surface area contributed by atoms with Crippen molar-refractivity contribution in [3.05, 3.63) is 35.8 Å². The highest BCUT2D eigenvalue weighted by atomic mass is 19.1. The normalized spacial score (nSPS) is 37.9. The maximum absolute atomic E-state index is 13.3. The number of hydrogen-bond donors (Lipinski definition) is 2. The van der Waals surface area contributed by atoms with Gasteiger partial charge in [-0.2, -0.15) is 0 Å². The van der Waals surface area contributed by atoms with Crippen molar-refractivity contribution in [3.63, 3.8) is 0 Å². The van der Waals surface area contributed by atoms with Gasteiger partial charge in [-0.1, -0.05) is 0 Å². The molecule has 3 N–H and O–H groups in total. The largest absolute Gasteiger partial charge is 0.459 e. The van der Waals surface area contributed by atoms with Crippen LogP contribution in [0.25, 0.3) is 11.0 Å². The molecule has 3 aliphatic rings. The standard InChI is InChI=1S/C17H19FN2O/c18-11-3-4-12-10(6-11)7-13(21-12)17(20-19)16-14-8-1-2-9(5-8)15(14)16/h3-4,6-9,14-17,20H,1-2,5,19H2. The first-order valence-electron chi connectivity index (χ1n) is 7.91. The lowest BCUT2D eigenvalue weighted by atomic mass is 9.96. The van der Waals surface area contributed by atoms with E-state index in [2.05, 4.69) is 5.43 Å². The Morgan fingerprint density at radius 3 is 2.67 bits per heavy atom. The summed E-state index contributed by atoms with van der Waals surface area (Å²) in [4.78, 5) is 0. The first-order valence-corrected chi connectivity index (χ1v) is 7.91. The van der Waals surface area contributed by atoms with Crippen LogP contribution in [0.5, 0.6) is 0 Å². The molecule has 0 saturated heterocycles. The molecule has 4 heteroatoms. The van der Waals surface area contributed by atoms with Crippen LogP contribution in [0.3, 0.4) is 0 Å². The smallest absolute Gasteiger partial charge is 0.134 e. The Bertz CT molecular complexity index is 696. The molecule has 1 aromatic heterocycles. The van der Waals surface area contributed by atoms with Gasteiger partial charge in [0.25, 0.3) is 0 Å². The molecule has 0 spiro atoms. The van der Waals surface area contributed by atoms with E-state index in [-0.39, 0.29) is 11.9 Å². The van der Waals surface area contributed by atoms with Gasteiger partial charge in [0.05, 0.1) is 6.04 Å². The van der Waals surface area contributed by atoms with E-state index in [9.17, 15) is 4.39 Å². The Kier molecular flexibility index (Phi) is 2.37. The van der Waals surface area contributed by atoms with Gasteiger partial charge in [-0.15, -0.1) is 0 Å². The van der Waals surface area contributed by atoms with Crippen LogP contribution in [0.15, 0.2) is 28.7 Å². The summed E-state index contributed by atoms with van der Waals surface area (Å²) in [5.41, 5.74) is 3.70. The summed E-state index contributed by atoms with van der Waals surface area (Å²) in [6, 6.07) is 6.66. The second-order valence-electron chi connectivity index (χ2n) is 7.04. The fourth-order valence-electron chi connectivity index (χ4n) is 5.41. The van der Waals surface area contributed by atoms with E-state index in [4.69, 9.17) is 10.3 Å². The molecular formula is C17H19FN2O. The van der Waals surface area contributed by atoms with E-state index in [0.717, 1.165) is 40.4 Å². The first kappa shape index (κ1) is 12.2. The molecule has 2 bridgehead atoms. The summed E-state index contributed by atoms with van der Waals surface area (Å²) in [7, 11) is 0. The van der Waals surface area contributed by atoms with Crippen LogP contribution in [0.4, 0.5) is 4.39 Å². The highest BCUT2D eigenvalue weighted by Gasteiger charge is 2.67. The maximum Gasteiger partial charge on any atom is 0.134 e. The van der Waals surface area contributed by atoms with Gasteiger partial charge in [0, 0.05) is 5.39 Å². The first-order chi connectivity index (χ1) is 10.3. The van der Waals surface area contributed by atoms with Crippen LogP contribution in [-0.2, 0) is 0 Å². The summed E-state index contributed by atoms with van der Waals surface area (Å²) in [5.74, 6) is 10.5. The molecule has 5 atom stereocenters. The molecule has 1 aromatic carbocycles. The number of furan rings is 1. The van der Waals surface area contributed by atoms with Crippen LogP contribution in [-0.4, -0.2) is 0 Å². The molecule has 3 saturated carbocycles. The molecule has 2 aromatic rings. The van der Waals surface area contributed by atoms with Crippen LogP contribution < -0.4 is 11.3 Å². The highest BCUT2D eigenvalue weighted by molar-refractivity contribution is 5.78. The maximum atomic E-state index is 13.3. The SMILES string of the molecule is NNC(c1cc2cc(F)ccc2o1)C1C2C3CCC(C3)C21. The lowest BCUT2D eigenvalue weighted by molar-refractivity contribution is 0.334. The number of hydrogen-bond acceptors (Lipinski definition) is 3. The van der Waals surface area contributed by atoms with Crippen molar-refractivity contribution in [2.24, 2.45) is 35.4 Å². The molecule has 5 rings (SSSR count). The van der Waals surface area contributed by atoms with Gasteiger partial charge < -0.3 is 4.42 Å². The minimum absolute atomic E-state index is 0.0684. The van der Waals surface area contributed by atoms with E-state index in [0.29, 0.717) is 5.92 Å². The quantitative estimate of drug-likeness (QED) is 0.672. The van der Waals surface area contributed by atoms with Crippen LogP contribution >= 0.6 is 0 Å². The van der Waals surface area contributed by atoms with E-state index in [1.165, 1.54) is 31.4 Å². The Hall–Kier alpha value is -1.39. The zero-order valence-corrected chi connectivity index (χ0v) is 11.8. The number of hydrazine groups is 1.